The third kappa shape index (κ3) is 4.63. The fourth-order valence-corrected chi connectivity index (χ4v) is 1.53. The summed E-state index contributed by atoms with van der Waals surface area (Å²) in [5.74, 6) is 0.616. The molecule has 0 saturated carbocycles. The van der Waals surface area contributed by atoms with Gasteiger partial charge < -0.3 is 19.9 Å². The minimum Gasteiger partial charge on any atom is -0.497 e. The van der Waals surface area contributed by atoms with E-state index in [1.807, 2.05) is 6.92 Å². The van der Waals surface area contributed by atoms with Crippen molar-refractivity contribution in [2.45, 2.75) is 19.4 Å². The number of carboxylic acid groups (broad SMARTS) is 1. The van der Waals surface area contributed by atoms with Crippen LogP contribution in [0.4, 0.5) is 0 Å². The van der Waals surface area contributed by atoms with E-state index in [-0.39, 0.29) is 0 Å². The Kier molecular flexibility index (Phi) is 6.00. The van der Waals surface area contributed by atoms with Crippen molar-refractivity contribution >= 4 is 5.97 Å². The largest absolute Gasteiger partial charge is 0.497 e. The summed E-state index contributed by atoms with van der Waals surface area (Å²) >= 11 is 0. The van der Waals surface area contributed by atoms with E-state index in [4.69, 9.17) is 14.6 Å². The lowest BCUT2D eigenvalue weighted by Crippen LogP contribution is -2.37. The molecule has 0 bridgehead atoms. The summed E-state index contributed by atoms with van der Waals surface area (Å²) in [6.45, 7) is 2.86. The molecule has 1 unspecified atom stereocenters. The number of ether oxygens (including phenoxy) is 2. The zero-order valence-corrected chi connectivity index (χ0v) is 10.7. The maximum Gasteiger partial charge on any atom is 0.320 e. The Morgan fingerprint density at radius 1 is 1.33 bits per heavy atom. The summed E-state index contributed by atoms with van der Waals surface area (Å²) in [5.41, 5.74) is 0. The fourth-order valence-electron chi connectivity index (χ4n) is 1.53. The molecule has 1 atom stereocenters. The second-order valence-corrected chi connectivity index (χ2v) is 3.76. The highest BCUT2D eigenvalue weighted by molar-refractivity contribution is 5.73. The van der Waals surface area contributed by atoms with E-state index in [1.165, 1.54) is 0 Å². The van der Waals surface area contributed by atoms with E-state index in [0.29, 0.717) is 25.3 Å². The molecule has 0 aromatic heterocycles. The van der Waals surface area contributed by atoms with E-state index in [9.17, 15) is 4.79 Å². The van der Waals surface area contributed by atoms with Crippen LogP contribution in [-0.2, 0) is 4.79 Å². The van der Waals surface area contributed by atoms with E-state index in [0.717, 1.165) is 5.75 Å². The maximum absolute atomic E-state index is 10.9. The van der Waals surface area contributed by atoms with Crippen LogP contribution in [0.5, 0.6) is 11.5 Å². The Morgan fingerprint density at radius 2 is 1.94 bits per heavy atom. The summed E-state index contributed by atoms with van der Waals surface area (Å²) < 4.78 is 10.5. The molecule has 100 valence electrons. The summed E-state index contributed by atoms with van der Waals surface area (Å²) in [4.78, 5) is 10.9. The van der Waals surface area contributed by atoms with Gasteiger partial charge in [-0.2, -0.15) is 0 Å². The molecule has 0 fully saturated rings. The maximum atomic E-state index is 10.9. The number of benzene rings is 1. The molecule has 5 nitrogen and oxygen atoms in total. The number of methoxy groups -OCH3 is 1. The number of carbonyl (C=O) groups is 1. The second kappa shape index (κ2) is 7.55. The second-order valence-electron chi connectivity index (χ2n) is 3.76. The van der Waals surface area contributed by atoms with Gasteiger partial charge in [0, 0.05) is 6.42 Å². The van der Waals surface area contributed by atoms with E-state index < -0.39 is 12.0 Å². The molecule has 18 heavy (non-hydrogen) atoms. The highest BCUT2D eigenvalue weighted by Gasteiger charge is 2.15. The van der Waals surface area contributed by atoms with Crippen LogP contribution in [0.1, 0.15) is 13.3 Å². The van der Waals surface area contributed by atoms with E-state index >= 15 is 0 Å². The first-order chi connectivity index (χ1) is 8.67. The van der Waals surface area contributed by atoms with Gasteiger partial charge in [0.1, 0.15) is 17.5 Å². The molecule has 1 aromatic carbocycles. The lowest BCUT2D eigenvalue weighted by molar-refractivity contribution is -0.139. The van der Waals surface area contributed by atoms with Crippen molar-refractivity contribution in [2.75, 3.05) is 20.3 Å². The first-order valence-corrected chi connectivity index (χ1v) is 5.90. The zero-order valence-electron chi connectivity index (χ0n) is 10.7. The zero-order chi connectivity index (χ0) is 13.4. The number of hydrogen-bond donors (Lipinski definition) is 2. The monoisotopic (exact) mass is 253 g/mol. The molecule has 2 N–H and O–H groups in total. The van der Waals surface area contributed by atoms with Crippen LogP contribution in [0.3, 0.4) is 0 Å². The van der Waals surface area contributed by atoms with Gasteiger partial charge >= 0.3 is 5.97 Å². The van der Waals surface area contributed by atoms with Gasteiger partial charge in [0.25, 0.3) is 0 Å². The van der Waals surface area contributed by atoms with Crippen molar-refractivity contribution in [2.24, 2.45) is 0 Å². The van der Waals surface area contributed by atoms with Gasteiger partial charge in [0.2, 0.25) is 0 Å². The molecular weight excluding hydrogens is 234 g/mol. The lowest BCUT2D eigenvalue weighted by Gasteiger charge is -2.13. The molecule has 0 aliphatic carbocycles. The average Bonchev–Trinajstić information content (AvgIpc) is 2.38. The summed E-state index contributed by atoms with van der Waals surface area (Å²) in [5, 5.41) is 11.8. The smallest absolute Gasteiger partial charge is 0.320 e. The Bertz CT molecular complexity index is 364. The number of rotatable bonds is 8. The predicted molar refractivity (Wildman–Crippen MR) is 68.2 cm³/mol. The highest BCUT2D eigenvalue weighted by Crippen LogP contribution is 2.17. The van der Waals surface area contributed by atoms with Gasteiger partial charge in [-0.15, -0.1) is 0 Å². The lowest BCUT2D eigenvalue weighted by atomic mass is 10.2. The molecule has 0 aliphatic rings. The summed E-state index contributed by atoms with van der Waals surface area (Å²) in [6, 6.07) is 6.63. The Labute approximate surface area is 107 Å². The fraction of sp³-hybridized carbons (Fsp3) is 0.462. The Hall–Kier alpha value is -1.75. The molecule has 0 saturated heterocycles. The third-order valence-corrected chi connectivity index (χ3v) is 2.48. The molecule has 0 heterocycles. The average molecular weight is 253 g/mol. The molecule has 0 amide bonds. The van der Waals surface area contributed by atoms with Gasteiger partial charge in [0.15, 0.2) is 0 Å². The molecule has 5 heteroatoms. The number of likely N-dealkylation sites (N-methyl/N-ethyl adjacent to an activating group) is 1. The van der Waals surface area contributed by atoms with E-state index in [1.54, 1.807) is 31.4 Å². The Morgan fingerprint density at radius 3 is 2.44 bits per heavy atom. The quantitative estimate of drug-likeness (QED) is 0.735. The van der Waals surface area contributed by atoms with Crippen molar-refractivity contribution in [1.82, 2.24) is 5.32 Å². The highest BCUT2D eigenvalue weighted by atomic mass is 16.5. The van der Waals surface area contributed by atoms with Crippen LogP contribution < -0.4 is 14.8 Å². The van der Waals surface area contributed by atoms with Crippen molar-refractivity contribution in [3.05, 3.63) is 24.3 Å². The Balaban J connectivity index is 2.37. The normalized spacial score (nSPS) is 11.9. The van der Waals surface area contributed by atoms with Crippen molar-refractivity contribution in [3.8, 4) is 11.5 Å². The van der Waals surface area contributed by atoms with Gasteiger partial charge in [0.05, 0.1) is 13.7 Å². The molecule has 0 aliphatic heterocycles. The minimum atomic E-state index is -0.852. The topological polar surface area (TPSA) is 67.8 Å². The van der Waals surface area contributed by atoms with Crippen LogP contribution in [0.25, 0.3) is 0 Å². The van der Waals surface area contributed by atoms with Crippen molar-refractivity contribution in [1.29, 1.82) is 0 Å². The summed E-state index contributed by atoms with van der Waals surface area (Å²) in [6.07, 6.45) is 0.426. The SMILES string of the molecule is CCNC(CCOc1ccc(OC)cc1)C(=O)O. The molecular formula is C13H19NO4. The van der Waals surface area contributed by atoms with Gasteiger partial charge in [-0.05, 0) is 30.8 Å². The van der Waals surface area contributed by atoms with Gasteiger partial charge in [-0.25, -0.2) is 0 Å². The van der Waals surface area contributed by atoms with Crippen molar-refractivity contribution in [3.63, 3.8) is 0 Å². The molecule has 0 spiro atoms. The number of aliphatic carboxylic acids is 1. The van der Waals surface area contributed by atoms with Crippen molar-refractivity contribution < 1.29 is 19.4 Å². The van der Waals surface area contributed by atoms with Gasteiger partial charge in [-0.3, -0.25) is 4.79 Å². The van der Waals surface area contributed by atoms with Crippen LogP contribution in [0, 0.1) is 0 Å². The molecule has 1 aromatic rings. The number of carboxylic acids is 1. The van der Waals surface area contributed by atoms with Crippen LogP contribution in [0.2, 0.25) is 0 Å². The molecule has 0 radical (unpaired) electrons. The first kappa shape index (κ1) is 14.3. The third-order valence-electron chi connectivity index (χ3n) is 2.48. The van der Waals surface area contributed by atoms with Crippen LogP contribution >= 0.6 is 0 Å². The van der Waals surface area contributed by atoms with Crippen LogP contribution in [0.15, 0.2) is 24.3 Å². The standard InChI is InChI=1S/C13H19NO4/c1-3-14-12(13(15)16)8-9-18-11-6-4-10(17-2)5-7-11/h4-7,12,14H,3,8-9H2,1-2H3,(H,15,16). The number of hydrogen-bond acceptors (Lipinski definition) is 4. The molecule has 1 rings (SSSR count). The predicted octanol–water partition coefficient (Wildman–Crippen LogP) is 1.53. The van der Waals surface area contributed by atoms with Crippen LogP contribution in [-0.4, -0.2) is 37.4 Å². The van der Waals surface area contributed by atoms with Gasteiger partial charge in [-0.1, -0.05) is 6.92 Å². The first-order valence-electron chi connectivity index (χ1n) is 5.90. The summed E-state index contributed by atoms with van der Waals surface area (Å²) in [7, 11) is 1.60. The van der Waals surface area contributed by atoms with E-state index in [2.05, 4.69) is 5.32 Å². The number of nitrogens with one attached hydrogen (secondary N) is 1. The minimum absolute atomic E-state index is 0.357.